The Balaban J connectivity index is 2.16. The second kappa shape index (κ2) is 11.1. The number of nitrogens with zero attached hydrogens (tertiary/aromatic N) is 1. The number of benzene rings is 1. The molecule has 10 heteroatoms. The van der Waals surface area contributed by atoms with Crippen molar-refractivity contribution in [2.75, 3.05) is 0 Å². The quantitative estimate of drug-likeness (QED) is 0.298. The van der Waals surface area contributed by atoms with E-state index in [4.69, 9.17) is 5.73 Å². The number of carboxylic acids is 1. The molecule has 1 aromatic heterocycles. The summed E-state index contributed by atoms with van der Waals surface area (Å²) in [5.41, 5.74) is 7.16. The molecule has 0 spiro atoms. The Kier molecular flexibility index (Phi) is 8.56. The number of phenols is 1. The van der Waals surface area contributed by atoms with Crippen LogP contribution in [-0.4, -0.2) is 56.1 Å². The zero-order valence-corrected chi connectivity index (χ0v) is 17.5. The zero-order chi connectivity index (χ0) is 23.0. The average Bonchev–Trinajstić information content (AvgIpc) is 3.21. The van der Waals surface area contributed by atoms with Gasteiger partial charge in [-0.05, 0) is 30.0 Å². The van der Waals surface area contributed by atoms with Crippen molar-refractivity contribution in [2.45, 2.75) is 51.2 Å². The Morgan fingerprint density at radius 1 is 1.06 bits per heavy atom. The van der Waals surface area contributed by atoms with Crippen LogP contribution in [0.3, 0.4) is 0 Å². The van der Waals surface area contributed by atoms with Crippen LogP contribution in [0.4, 0.5) is 0 Å². The molecule has 7 N–H and O–H groups in total. The number of carbonyl (C=O) groups is 3. The molecule has 1 heterocycles. The number of rotatable bonds is 11. The van der Waals surface area contributed by atoms with Crippen molar-refractivity contribution in [1.82, 2.24) is 20.6 Å². The summed E-state index contributed by atoms with van der Waals surface area (Å²) in [6.45, 7) is 3.86. The van der Waals surface area contributed by atoms with Gasteiger partial charge >= 0.3 is 5.97 Å². The van der Waals surface area contributed by atoms with Crippen molar-refractivity contribution in [3.8, 4) is 5.75 Å². The number of imidazole rings is 1. The first-order valence-corrected chi connectivity index (χ1v) is 10.00. The number of aromatic amines is 1. The largest absolute Gasteiger partial charge is 0.508 e. The number of aliphatic carboxylic acids is 1. The van der Waals surface area contributed by atoms with Crippen LogP contribution < -0.4 is 16.4 Å². The molecule has 2 rings (SSSR count). The molecular weight excluding hydrogens is 402 g/mol. The van der Waals surface area contributed by atoms with E-state index in [1.54, 1.807) is 12.1 Å². The van der Waals surface area contributed by atoms with Crippen LogP contribution >= 0.6 is 0 Å². The number of hydrogen-bond donors (Lipinski definition) is 6. The van der Waals surface area contributed by atoms with Gasteiger partial charge < -0.3 is 31.6 Å². The number of H-pyrrole nitrogens is 1. The molecule has 3 unspecified atom stereocenters. The predicted octanol–water partition coefficient (Wildman–Crippen LogP) is 0.328. The molecule has 0 fully saturated rings. The second-order valence-corrected chi connectivity index (χ2v) is 7.85. The lowest BCUT2D eigenvalue weighted by Crippen LogP contribution is -2.55. The lowest BCUT2D eigenvalue weighted by atomic mass is 10.0. The van der Waals surface area contributed by atoms with E-state index in [0.717, 1.165) is 0 Å². The smallest absolute Gasteiger partial charge is 0.326 e. The van der Waals surface area contributed by atoms with Gasteiger partial charge in [-0.3, -0.25) is 9.59 Å². The van der Waals surface area contributed by atoms with E-state index in [9.17, 15) is 24.6 Å². The highest BCUT2D eigenvalue weighted by atomic mass is 16.4. The molecule has 3 atom stereocenters. The number of hydrogen-bond acceptors (Lipinski definition) is 6. The van der Waals surface area contributed by atoms with E-state index in [0.29, 0.717) is 17.7 Å². The van der Waals surface area contributed by atoms with Gasteiger partial charge in [0.25, 0.3) is 0 Å². The van der Waals surface area contributed by atoms with Crippen LogP contribution in [0.2, 0.25) is 0 Å². The summed E-state index contributed by atoms with van der Waals surface area (Å²) in [6, 6.07) is 3.12. The summed E-state index contributed by atoms with van der Waals surface area (Å²) in [5.74, 6) is -2.10. The molecule has 0 aliphatic carbocycles. The van der Waals surface area contributed by atoms with Gasteiger partial charge in [0.05, 0.1) is 12.4 Å². The first-order chi connectivity index (χ1) is 14.7. The molecule has 1 aromatic carbocycles. The molecular formula is C21H29N5O5. The van der Waals surface area contributed by atoms with E-state index in [1.165, 1.54) is 24.7 Å². The molecule has 2 aromatic rings. The zero-order valence-electron chi connectivity index (χ0n) is 17.5. The van der Waals surface area contributed by atoms with E-state index >= 15 is 0 Å². The average molecular weight is 431 g/mol. The van der Waals surface area contributed by atoms with Crippen molar-refractivity contribution in [3.63, 3.8) is 0 Å². The summed E-state index contributed by atoms with van der Waals surface area (Å²) in [6.07, 6.45) is 3.44. The van der Waals surface area contributed by atoms with Crippen LogP contribution in [0.5, 0.6) is 5.75 Å². The summed E-state index contributed by atoms with van der Waals surface area (Å²) in [5, 5.41) is 24.1. The molecule has 2 amide bonds. The topological polar surface area (TPSA) is 170 Å². The molecule has 31 heavy (non-hydrogen) atoms. The van der Waals surface area contributed by atoms with Crippen LogP contribution in [0, 0.1) is 5.92 Å². The fourth-order valence-electron chi connectivity index (χ4n) is 3.06. The summed E-state index contributed by atoms with van der Waals surface area (Å²) < 4.78 is 0. The maximum Gasteiger partial charge on any atom is 0.326 e. The fraction of sp³-hybridized carbons (Fsp3) is 0.429. The minimum absolute atomic E-state index is 0.00775. The number of aromatic nitrogens is 2. The minimum Gasteiger partial charge on any atom is -0.508 e. The number of carboxylic acid groups (broad SMARTS) is 1. The first-order valence-electron chi connectivity index (χ1n) is 10.00. The monoisotopic (exact) mass is 431 g/mol. The minimum atomic E-state index is -1.21. The van der Waals surface area contributed by atoms with E-state index in [-0.39, 0.29) is 24.5 Å². The first kappa shape index (κ1) is 23.9. The predicted molar refractivity (Wildman–Crippen MR) is 113 cm³/mol. The molecule has 0 bridgehead atoms. The summed E-state index contributed by atoms with van der Waals surface area (Å²) in [7, 11) is 0. The lowest BCUT2D eigenvalue weighted by molar-refractivity contribution is -0.142. The Bertz CT molecular complexity index is 867. The molecule has 0 radical (unpaired) electrons. The maximum atomic E-state index is 12.9. The lowest BCUT2D eigenvalue weighted by Gasteiger charge is -2.23. The van der Waals surface area contributed by atoms with Crippen molar-refractivity contribution in [3.05, 3.63) is 48.0 Å². The van der Waals surface area contributed by atoms with Crippen molar-refractivity contribution >= 4 is 17.8 Å². The van der Waals surface area contributed by atoms with E-state index in [2.05, 4.69) is 20.6 Å². The van der Waals surface area contributed by atoms with Crippen LogP contribution in [0.1, 0.15) is 31.5 Å². The van der Waals surface area contributed by atoms with Gasteiger partial charge in [0.1, 0.15) is 17.8 Å². The molecule has 0 aliphatic heterocycles. The highest BCUT2D eigenvalue weighted by Gasteiger charge is 2.28. The van der Waals surface area contributed by atoms with E-state index in [1.807, 2.05) is 13.8 Å². The van der Waals surface area contributed by atoms with Gasteiger partial charge in [0.2, 0.25) is 11.8 Å². The maximum absolute atomic E-state index is 12.9. The third-order valence-corrected chi connectivity index (χ3v) is 4.66. The molecule has 10 nitrogen and oxygen atoms in total. The van der Waals surface area contributed by atoms with Gasteiger partial charge in [-0.15, -0.1) is 0 Å². The van der Waals surface area contributed by atoms with Gasteiger partial charge in [0, 0.05) is 24.7 Å². The summed E-state index contributed by atoms with van der Waals surface area (Å²) in [4.78, 5) is 43.7. The van der Waals surface area contributed by atoms with E-state index < -0.39 is 35.9 Å². The van der Waals surface area contributed by atoms with Crippen molar-refractivity contribution < 1.29 is 24.6 Å². The van der Waals surface area contributed by atoms with Gasteiger partial charge in [-0.2, -0.15) is 0 Å². The van der Waals surface area contributed by atoms with Crippen molar-refractivity contribution in [1.29, 1.82) is 0 Å². The number of nitrogens with one attached hydrogen (secondary N) is 3. The number of phenolic OH excluding ortho intramolecular Hbond substituents is 1. The van der Waals surface area contributed by atoms with Crippen LogP contribution in [-0.2, 0) is 27.2 Å². The third-order valence-electron chi connectivity index (χ3n) is 4.66. The molecule has 0 saturated carbocycles. The van der Waals surface area contributed by atoms with Crippen LogP contribution in [0.15, 0.2) is 36.8 Å². The van der Waals surface area contributed by atoms with Crippen molar-refractivity contribution in [2.24, 2.45) is 11.7 Å². The number of carbonyl (C=O) groups excluding carboxylic acids is 2. The SMILES string of the molecule is CC(C)CC(N)C(=O)NC(Cc1ccc(O)cc1)C(=O)NC(Cc1cnc[nH]1)C(=O)O. The normalized spacial score (nSPS) is 13.9. The van der Waals surface area contributed by atoms with Crippen LogP contribution in [0.25, 0.3) is 0 Å². The van der Waals surface area contributed by atoms with Gasteiger partial charge in [-0.25, -0.2) is 9.78 Å². The Labute approximate surface area is 180 Å². The summed E-state index contributed by atoms with van der Waals surface area (Å²) >= 11 is 0. The second-order valence-electron chi connectivity index (χ2n) is 7.85. The number of amides is 2. The standard InChI is InChI=1S/C21H29N5O5/c1-12(2)7-16(22)19(28)25-17(8-13-3-5-15(27)6-4-13)20(29)26-18(21(30)31)9-14-10-23-11-24-14/h3-6,10-12,16-18,27H,7-9,22H2,1-2H3,(H,23,24)(H,25,28)(H,26,29)(H,30,31). The highest BCUT2D eigenvalue weighted by Crippen LogP contribution is 2.12. The molecule has 0 aliphatic rings. The Morgan fingerprint density at radius 2 is 1.71 bits per heavy atom. The number of aromatic hydroxyl groups is 1. The highest BCUT2D eigenvalue weighted by molar-refractivity contribution is 5.92. The van der Waals surface area contributed by atoms with Gasteiger partial charge in [0.15, 0.2) is 0 Å². The molecule has 0 saturated heterocycles. The Morgan fingerprint density at radius 3 is 2.26 bits per heavy atom. The Hall–Kier alpha value is -3.40. The molecule has 168 valence electrons. The fourth-order valence-corrected chi connectivity index (χ4v) is 3.06. The van der Waals surface area contributed by atoms with Gasteiger partial charge in [-0.1, -0.05) is 26.0 Å². The number of nitrogens with two attached hydrogens (primary N) is 1. The third kappa shape index (κ3) is 7.74.